The van der Waals surface area contributed by atoms with E-state index in [0.29, 0.717) is 6.54 Å². The van der Waals surface area contributed by atoms with Gasteiger partial charge in [0.1, 0.15) is 5.65 Å². The van der Waals surface area contributed by atoms with E-state index in [1.54, 1.807) is 7.05 Å². The second kappa shape index (κ2) is 10.3. The molecule has 2 aromatic rings. The van der Waals surface area contributed by atoms with E-state index in [2.05, 4.69) is 41.4 Å². The zero-order valence-electron chi connectivity index (χ0n) is 14.2. The Hall–Kier alpha value is -0.910. The molecule has 1 aliphatic rings. The van der Waals surface area contributed by atoms with Crippen molar-refractivity contribution in [2.45, 2.75) is 6.54 Å². The molecule has 0 unspecified atom stereocenters. The van der Waals surface area contributed by atoms with Gasteiger partial charge in [0.05, 0.1) is 25.5 Å². The van der Waals surface area contributed by atoms with Gasteiger partial charge < -0.3 is 19.8 Å². The molecule has 1 aliphatic heterocycles. The van der Waals surface area contributed by atoms with Crippen LogP contribution in [0.25, 0.3) is 5.65 Å². The highest BCUT2D eigenvalue weighted by molar-refractivity contribution is 14.0. The van der Waals surface area contributed by atoms with Gasteiger partial charge in [-0.05, 0) is 28.1 Å². The van der Waals surface area contributed by atoms with Gasteiger partial charge in [-0.3, -0.25) is 9.89 Å². The van der Waals surface area contributed by atoms with Gasteiger partial charge in [-0.15, -0.1) is 24.0 Å². The molecule has 9 heteroatoms. The predicted molar refractivity (Wildman–Crippen MR) is 114 cm³/mol. The average Bonchev–Trinajstić information content (AvgIpc) is 3.00. The Morgan fingerprint density at radius 1 is 1.28 bits per heavy atom. The van der Waals surface area contributed by atoms with Crippen LogP contribution in [0.1, 0.15) is 5.69 Å². The first kappa shape index (κ1) is 20.4. The first-order valence-electron chi connectivity index (χ1n) is 8.12. The van der Waals surface area contributed by atoms with E-state index in [0.717, 1.165) is 61.2 Å². The summed E-state index contributed by atoms with van der Waals surface area (Å²) < 4.78 is 8.40. The smallest absolute Gasteiger partial charge is 0.191 e. The number of nitrogens with one attached hydrogen (secondary N) is 2. The van der Waals surface area contributed by atoms with Gasteiger partial charge in [0, 0.05) is 50.1 Å². The van der Waals surface area contributed by atoms with Crippen LogP contribution in [0.5, 0.6) is 0 Å². The normalized spacial score (nSPS) is 15.8. The molecule has 0 amide bonds. The maximum absolute atomic E-state index is 5.36. The van der Waals surface area contributed by atoms with Crippen molar-refractivity contribution >= 4 is 51.5 Å². The minimum absolute atomic E-state index is 0. The number of morpholine rings is 1. The molecule has 1 saturated heterocycles. The number of imidazole rings is 1. The number of guanidine groups is 1. The zero-order chi connectivity index (χ0) is 16.8. The van der Waals surface area contributed by atoms with E-state index in [1.165, 1.54) is 0 Å². The van der Waals surface area contributed by atoms with Gasteiger partial charge in [-0.2, -0.15) is 0 Å². The van der Waals surface area contributed by atoms with Crippen LogP contribution in [-0.2, 0) is 11.3 Å². The lowest BCUT2D eigenvalue weighted by Gasteiger charge is -2.26. The lowest BCUT2D eigenvalue weighted by molar-refractivity contribution is 0.0389. The maximum atomic E-state index is 5.36. The van der Waals surface area contributed by atoms with Crippen molar-refractivity contribution in [1.29, 1.82) is 0 Å². The Kier molecular flexibility index (Phi) is 8.40. The first-order valence-corrected chi connectivity index (χ1v) is 8.91. The summed E-state index contributed by atoms with van der Waals surface area (Å²) in [4.78, 5) is 11.2. The predicted octanol–water partition coefficient (Wildman–Crippen LogP) is 1.71. The molecule has 0 aromatic carbocycles. The third kappa shape index (κ3) is 6.08. The van der Waals surface area contributed by atoms with Crippen LogP contribution >= 0.6 is 39.9 Å². The third-order valence-corrected chi connectivity index (χ3v) is 4.42. The Balaban J connectivity index is 0.00000225. The molecule has 3 heterocycles. The molecule has 7 nitrogen and oxygen atoms in total. The lowest BCUT2D eigenvalue weighted by Crippen LogP contribution is -2.44. The third-order valence-electron chi connectivity index (χ3n) is 3.95. The molecule has 0 spiro atoms. The van der Waals surface area contributed by atoms with Crippen LogP contribution in [0.2, 0.25) is 0 Å². The van der Waals surface area contributed by atoms with Crippen molar-refractivity contribution < 1.29 is 4.74 Å². The molecule has 2 aromatic heterocycles. The van der Waals surface area contributed by atoms with Crippen LogP contribution in [0.3, 0.4) is 0 Å². The van der Waals surface area contributed by atoms with E-state index in [9.17, 15) is 0 Å². The highest BCUT2D eigenvalue weighted by atomic mass is 127. The molecular formula is C16H24BrIN6O. The fraction of sp³-hybridized carbons (Fsp3) is 0.500. The van der Waals surface area contributed by atoms with Crippen molar-refractivity contribution in [1.82, 2.24) is 24.9 Å². The number of fused-ring (bicyclic) bond motifs is 1. The summed E-state index contributed by atoms with van der Waals surface area (Å²) >= 11 is 3.47. The van der Waals surface area contributed by atoms with Crippen LogP contribution in [0.15, 0.2) is 34.0 Å². The molecule has 0 radical (unpaired) electrons. The molecule has 2 N–H and O–H groups in total. The summed E-state index contributed by atoms with van der Waals surface area (Å²) in [6, 6.07) is 3.98. The Bertz CT molecular complexity index is 701. The molecular weight excluding hydrogens is 499 g/mol. The monoisotopic (exact) mass is 522 g/mol. The molecule has 138 valence electrons. The Morgan fingerprint density at radius 3 is 2.84 bits per heavy atom. The Morgan fingerprint density at radius 2 is 2.08 bits per heavy atom. The van der Waals surface area contributed by atoms with Gasteiger partial charge in [0.15, 0.2) is 5.96 Å². The van der Waals surface area contributed by atoms with Crippen molar-refractivity contribution in [3.05, 3.63) is 34.7 Å². The summed E-state index contributed by atoms with van der Waals surface area (Å²) in [6.45, 7) is 6.16. The fourth-order valence-corrected chi connectivity index (χ4v) is 3.01. The number of hydrogen-bond donors (Lipinski definition) is 2. The summed E-state index contributed by atoms with van der Waals surface area (Å²) in [6.07, 6.45) is 4.02. The van der Waals surface area contributed by atoms with Gasteiger partial charge in [0.2, 0.25) is 0 Å². The summed E-state index contributed by atoms with van der Waals surface area (Å²) in [5, 5.41) is 6.65. The van der Waals surface area contributed by atoms with Gasteiger partial charge in [-0.25, -0.2) is 4.98 Å². The van der Waals surface area contributed by atoms with Gasteiger partial charge in [0.25, 0.3) is 0 Å². The number of nitrogens with zero attached hydrogens (tertiary/aromatic N) is 4. The van der Waals surface area contributed by atoms with Crippen molar-refractivity contribution in [2.75, 3.05) is 46.4 Å². The number of rotatable bonds is 5. The minimum Gasteiger partial charge on any atom is -0.379 e. The number of aromatic nitrogens is 2. The summed E-state index contributed by atoms with van der Waals surface area (Å²) in [5.41, 5.74) is 1.91. The fourth-order valence-electron chi connectivity index (χ4n) is 2.65. The van der Waals surface area contributed by atoms with Gasteiger partial charge in [-0.1, -0.05) is 0 Å². The lowest BCUT2D eigenvalue weighted by atomic mass is 10.4. The van der Waals surface area contributed by atoms with Crippen molar-refractivity contribution in [3.8, 4) is 0 Å². The van der Waals surface area contributed by atoms with Crippen molar-refractivity contribution in [2.24, 2.45) is 4.99 Å². The second-order valence-corrected chi connectivity index (χ2v) is 6.57. The SMILES string of the molecule is CN=C(NCCN1CCOCC1)NCc1cn2cc(Br)ccc2n1.I. The highest BCUT2D eigenvalue weighted by Crippen LogP contribution is 2.12. The van der Waals surface area contributed by atoms with Crippen molar-refractivity contribution in [3.63, 3.8) is 0 Å². The van der Waals surface area contributed by atoms with Crippen LogP contribution < -0.4 is 10.6 Å². The van der Waals surface area contributed by atoms with Crippen LogP contribution in [0, 0.1) is 0 Å². The van der Waals surface area contributed by atoms with Gasteiger partial charge >= 0.3 is 0 Å². The molecule has 0 saturated carbocycles. The quantitative estimate of drug-likeness (QED) is 0.355. The number of halogens is 2. The zero-order valence-corrected chi connectivity index (χ0v) is 18.2. The number of hydrogen-bond acceptors (Lipinski definition) is 4. The number of aliphatic imine (C=N–C) groups is 1. The average molecular weight is 523 g/mol. The summed E-state index contributed by atoms with van der Waals surface area (Å²) in [7, 11) is 1.78. The van der Waals surface area contributed by atoms with E-state index in [-0.39, 0.29) is 24.0 Å². The standard InChI is InChI=1S/C16H23BrN6O.HI/c1-18-16(19-4-5-22-6-8-24-9-7-22)20-10-14-12-23-11-13(17)2-3-15(23)21-14;/h2-3,11-12H,4-10H2,1H3,(H2,18,19,20);1H. The summed E-state index contributed by atoms with van der Waals surface area (Å²) in [5.74, 6) is 0.793. The number of ether oxygens (including phenoxy) is 1. The first-order chi connectivity index (χ1) is 11.7. The van der Waals surface area contributed by atoms with E-state index in [4.69, 9.17) is 4.74 Å². The van der Waals surface area contributed by atoms with E-state index >= 15 is 0 Å². The maximum Gasteiger partial charge on any atom is 0.191 e. The topological polar surface area (TPSA) is 66.2 Å². The minimum atomic E-state index is 0. The molecule has 1 fully saturated rings. The molecule has 0 aliphatic carbocycles. The number of pyridine rings is 1. The molecule has 3 rings (SSSR count). The molecule has 0 bridgehead atoms. The van der Waals surface area contributed by atoms with Crippen LogP contribution in [0.4, 0.5) is 0 Å². The Labute approximate surface area is 173 Å². The molecule has 25 heavy (non-hydrogen) atoms. The van der Waals surface area contributed by atoms with E-state index in [1.807, 2.05) is 28.9 Å². The largest absolute Gasteiger partial charge is 0.379 e. The molecule has 0 atom stereocenters. The second-order valence-electron chi connectivity index (χ2n) is 5.65. The highest BCUT2D eigenvalue weighted by Gasteiger charge is 2.09. The van der Waals surface area contributed by atoms with Crippen LogP contribution in [-0.4, -0.2) is 66.7 Å². The van der Waals surface area contributed by atoms with E-state index < -0.39 is 0 Å².